The van der Waals surface area contributed by atoms with Gasteiger partial charge in [-0.2, -0.15) is 0 Å². The number of aryl methyl sites for hydroxylation is 1. The highest BCUT2D eigenvalue weighted by Gasteiger charge is 2.56. The Balaban J connectivity index is 1.37. The maximum absolute atomic E-state index is 13.9. The molecule has 2 aliphatic heterocycles. The first-order chi connectivity index (χ1) is 16.4. The fraction of sp³-hybridized carbons (Fsp3) is 0.286. The van der Waals surface area contributed by atoms with Gasteiger partial charge in [-0.3, -0.25) is 19.9 Å². The lowest BCUT2D eigenvalue weighted by atomic mass is 9.81. The Labute approximate surface area is 199 Å². The average Bonchev–Trinajstić information content (AvgIpc) is 3.05. The minimum atomic E-state index is -0.996. The van der Waals surface area contributed by atoms with Crippen molar-refractivity contribution in [3.8, 4) is 11.1 Å². The summed E-state index contributed by atoms with van der Waals surface area (Å²) >= 11 is 0. The van der Waals surface area contributed by atoms with Gasteiger partial charge in [0.2, 0.25) is 0 Å². The lowest BCUT2D eigenvalue weighted by molar-refractivity contribution is -0.125. The fourth-order valence-corrected chi connectivity index (χ4v) is 5.43. The molecule has 2 atom stereocenters. The normalized spacial score (nSPS) is 22.9. The Kier molecular flexibility index (Phi) is 5.70. The predicted molar refractivity (Wildman–Crippen MR) is 131 cm³/mol. The van der Waals surface area contributed by atoms with Gasteiger partial charge in [-0.25, -0.2) is 9.18 Å². The third kappa shape index (κ3) is 3.88. The van der Waals surface area contributed by atoms with Crippen LogP contribution < -0.4 is 10.2 Å². The maximum atomic E-state index is 13.9. The van der Waals surface area contributed by atoms with Crippen molar-refractivity contribution in [3.63, 3.8) is 0 Å². The maximum Gasteiger partial charge on any atom is 0.329 e. The zero-order valence-corrected chi connectivity index (χ0v) is 19.4. The Bertz CT molecular complexity index is 1260. The van der Waals surface area contributed by atoms with Crippen LogP contribution >= 0.6 is 0 Å². The van der Waals surface area contributed by atoms with Crippen LogP contribution in [0, 0.1) is 12.7 Å². The van der Waals surface area contributed by atoms with E-state index < -0.39 is 17.4 Å². The summed E-state index contributed by atoms with van der Waals surface area (Å²) in [4.78, 5) is 29.5. The topological polar surface area (TPSA) is 52.7 Å². The van der Waals surface area contributed by atoms with E-state index >= 15 is 0 Å². The molecule has 1 N–H and O–H groups in total. The third-order valence-electron chi connectivity index (χ3n) is 7.18. The van der Waals surface area contributed by atoms with E-state index in [9.17, 15) is 14.0 Å². The van der Waals surface area contributed by atoms with Gasteiger partial charge in [-0.1, -0.05) is 48.5 Å². The number of carbonyl (C=O) groups excluding carboxylic acids is 2. The van der Waals surface area contributed by atoms with Crippen molar-refractivity contribution in [1.29, 1.82) is 0 Å². The average molecular weight is 458 g/mol. The van der Waals surface area contributed by atoms with Crippen LogP contribution in [-0.2, 0) is 11.3 Å². The summed E-state index contributed by atoms with van der Waals surface area (Å²) in [6, 6.07) is 22.4. The van der Waals surface area contributed by atoms with Crippen molar-refractivity contribution in [3.05, 3.63) is 89.7 Å². The van der Waals surface area contributed by atoms with Gasteiger partial charge >= 0.3 is 6.03 Å². The second kappa shape index (κ2) is 8.69. The minimum Gasteiger partial charge on any atom is -0.296 e. The first-order valence-corrected chi connectivity index (χ1v) is 11.7. The molecule has 1 unspecified atom stereocenters. The molecule has 0 bridgehead atoms. The number of nitrogens with one attached hydrogen (secondary N) is 1. The number of amides is 3. The molecule has 0 aromatic heterocycles. The lowest BCUT2D eigenvalue weighted by Crippen LogP contribution is -2.59. The molecule has 2 heterocycles. The summed E-state index contributed by atoms with van der Waals surface area (Å²) in [6.45, 7) is 5.62. The number of likely N-dealkylation sites (tertiary alicyclic amines) is 1. The fourth-order valence-electron chi connectivity index (χ4n) is 5.43. The van der Waals surface area contributed by atoms with Crippen LogP contribution in [0.5, 0.6) is 0 Å². The van der Waals surface area contributed by atoms with E-state index in [4.69, 9.17) is 0 Å². The number of urea groups is 1. The van der Waals surface area contributed by atoms with Crippen LogP contribution in [0.25, 0.3) is 11.1 Å². The van der Waals surface area contributed by atoms with E-state index in [1.54, 1.807) is 12.1 Å². The molecule has 0 radical (unpaired) electrons. The number of imide groups is 1. The number of halogens is 1. The van der Waals surface area contributed by atoms with Gasteiger partial charge < -0.3 is 0 Å². The smallest absolute Gasteiger partial charge is 0.296 e. The standard InChI is InChI=1S/C28H28FN3O2/c1-19-7-3-4-12-25(19)22-9-5-8-21(15-22)18-31-14-13-28(17-20(31)2)26(33)30-27(34)32(28)24-11-6-10-23(29)16-24/h3-12,15-16,20H,13-14,17-18H2,1-2H3,(H,30,33,34)/t20-,28?/m0/s1. The summed E-state index contributed by atoms with van der Waals surface area (Å²) in [5, 5.41) is 2.47. The molecule has 2 fully saturated rings. The number of hydrogen-bond acceptors (Lipinski definition) is 3. The largest absolute Gasteiger partial charge is 0.329 e. The molecule has 0 aliphatic carbocycles. The number of carbonyl (C=O) groups is 2. The number of benzene rings is 3. The van der Waals surface area contributed by atoms with Gasteiger partial charge in [-0.15, -0.1) is 0 Å². The second-order valence-electron chi connectivity index (χ2n) is 9.40. The molecule has 6 heteroatoms. The van der Waals surface area contributed by atoms with E-state index in [1.807, 2.05) is 6.07 Å². The van der Waals surface area contributed by atoms with E-state index in [2.05, 4.69) is 66.5 Å². The Hall–Kier alpha value is -3.51. The molecule has 5 nitrogen and oxygen atoms in total. The van der Waals surface area contributed by atoms with Crippen LogP contribution in [0.2, 0.25) is 0 Å². The van der Waals surface area contributed by atoms with Crippen LogP contribution in [-0.4, -0.2) is 35.0 Å². The summed E-state index contributed by atoms with van der Waals surface area (Å²) in [7, 11) is 0. The Morgan fingerprint density at radius 3 is 2.59 bits per heavy atom. The van der Waals surface area contributed by atoms with Crippen LogP contribution in [0.4, 0.5) is 14.9 Å². The lowest BCUT2D eigenvalue weighted by Gasteiger charge is -2.45. The molecule has 34 heavy (non-hydrogen) atoms. The second-order valence-corrected chi connectivity index (χ2v) is 9.40. The van der Waals surface area contributed by atoms with Crippen molar-refractivity contribution in [1.82, 2.24) is 10.2 Å². The molecule has 3 aromatic carbocycles. The number of nitrogens with zero attached hydrogens (tertiary/aromatic N) is 2. The molecule has 3 aromatic rings. The number of rotatable bonds is 4. The predicted octanol–water partition coefficient (Wildman–Crippen LogP) is 5.28. The molecule has 1 spiro atoms. The molecule has 3 amide bonds. The summed E-state index contributed by atoms with van der Waals surface area (Å²) < 4.78 is 13.9. The van der Waals surface area contributed by atoms with Crippen molar-refractivity contribution in [2.45, 2.75) is 44.8 Å². The van der Waals surface area contributed by atoms with E-state index in [0.29, 0.717) is 25.1 Å². The van der Waals surface area contributed by atoms with Gasteiger partial charge in [0.15, 0.2) is 0 Å². The zero-order valence-electron chi connectivity index (χ0n) is 19.4. The molecule has 174 valence electrons. The summed E-state index contributed by atoms with van der Waals surface area (Å²) in [6.07, 6.45) is 0.974. The quantitative estimate of drug-likeness (QED) is 0.543. The van der Waals surface area contributed by atoms with Crippen molar-refractivity contribution in [2.24, 2.45) is 0 Å². The molecular formula is C28H28FN3O2. The van der Waals surface area contributed by atoms with Gasteiger partial charge in [0.05, 0.1) is 0 Å². The van der Waals surface area contributed by atoms with Crippen LogP contribution in [0.3, 0.4) is 0 Å². The third-order valence-corrected chi connectivity index (χ3v) is 7.18. The first kappa shape index (κ1) is 22.3. The Morgan fingerprint density at radius 2 is 1.82 bits per heavy atom. The molecule has 2 saturated heterocycles. The minimum absolute atomic E-state index is 0.0589. The highest BCUT2D eigenvalue weighted by atomic mass is 19.1. The first-order valence-electron chi connectivity index (χ1n) is 11.7. The van der Waals surface area contributed by atoms with E-state index in [1.165, 1.54) is 39.3 Å². The Morgan fingerprint density at radius 1 is 1.03 bits per heavy atom. The van der Waals surface area contributed by atoms with Gasteiger partial charge in [-0.05, 0) is 73.2 Å². The van der Waals surface area contributed by atoms with E-state index in [-0.39, 0.29) is 11.9 Å². The zero-order chi connectivity index (χ0) is 23.9. The number of anilines is 1. The van der Waals surface area contributed by atoms with Gasteiger partial charge in [0, 0.05) is 24.8 Å². The van der Waals surface area contributed by atoms with Crippen LogP contribution in [0.1, 0.15) is 30.9 Å². The number of hydrogen-bond donors (Lipinski definition) is 1. The molecule has 5 rings (SSSR count). The number of piperidine rings is 1. The highest BCUT2D eigenvalue weighted by Crippen LogP contribution is 2.40. The molecule has 0 saturated carbocycles. The van der Waals surface area contributed by atoms with Crippen LogP contribution in [0.15, 0.2) is 72.8 Å². The summed E-state index contributed by atoms with van der Waals surface area (Å²) in [5.74, 6) is -0.728. The van der Waals surface area contributed by atoms with E-state index in [0.717, 1.165) is 6.54 Å². The SMILES string of the molecule is Cc1ccccc1-c1cccc(CN2CCC3(C[C@@H]2C)C(=O)NC(=O)N3c2cccc(F)c2)c1. The van der Waals surface area contributed by atoms with Gasteiger partial charge in [0.25, 0.3) is 5.91 Å². The monoisotopic (exact) mass is 457 g/mol. The molecular weight excluding hydrogens is 429 g/mol. The van der Waals surface area contributed by atoms with Gasteiger partial charge in [0.1, 0.15) is 11.4 Å². The van der Waals surface area contributed by atoms with Crippen molar-refractivity contribution in [2.75, 3.05) is 11.4 Å². The summed E-state index contributed by atoms with van der Waals surface area (Å²) in [5.41, 5.74) is 4.27. The van der Waals surface area contributed by atoms with Crippen molar-refractivity contribution >= 4 is 17.6 Å². The molecule has 2 aliphatic rings. The highest BCUT2D eigenvalue weighted by molar-refractivity contribution is 6.17. The van der Waals surface area contributed by atoms with Crippen molar-refractivity contribution < 1.29 is 14.0 Å².